The molecule has 0 aromatic heterocycles. The van der Waals surface area contributed by atoms with Crippen molar-refractivity contribution in [3.05, 3.63) is 65.2 Å². The van der Waals surface area contributed by atoms with E-state index in [9.17, 15) is 75.9 Å². The Balaban J connectivity index is 0.976. The standard InChI is InChI=1S/C77H114F2N12O18S/c1-14-47(8)67(56(106-12)39-61(95)89-38-20-24-55(89)68(107-13)48(9)69(98)81-36-32-51-52(78)21-18-22-53(51)79)87(10)74(103)65(45(4)5)86-72(101)66(46(6)7)88(11)76(105)108-42-49-26-28-50(29-27-49)83-70(99)54(23-19-35-82-75(80)104)84-71(100)64(44(2)3)85-58(92)25-16-15-17-37-90-62(96)40-57(73(90)102)110-43-77(33-34-77)41-63(97)109-91-59(93)30-31-60(91)94/h18,21-22,26-29,44-48,54-57,64-68H,14-17,19-20,23-25,30-43H2,1-13H3,(H,81,98)(H,83,99)(H,84,100)(H,85,92)(H,86,101)(H3,80,82,104)/t47-,48+,54-,55-,56+,57?,64-,65-,66-,67?,68+/m0/s1. The van der Waals surface area contributed by atoms with Gasteiger partial charge in [0, 0.05) is 97.2 Å². The van der Waals surface area contributed by atoms with Gasteiger partial charge >= 0.3 is 18.1 Å². The lowest BCUT2D eigenvalue weighted by Crippen LogP contribution is -2.60. The molecule has 4 fully saturated rings. The maximum Gasteiger partial charge on any atom is 0.410 e. The molecule has 1 aliphatic carbocycles. The number of methoxy groups -OCH3 is 2. The van der Waals surface area contributed by atoms with Crippen LogP contribution in [0.15, 0.2) is 42.5 Å². The maximum atomic E-state index is 14.8. The van der Waals surface area contributed by atoms with Gasteiger partial charge in [0.05, 0.1) is 48.3 Å². The van der Waals surface area contributed by atoms with Crippen molar-refractivity contribution in [1.82, 2.24) is 51.2 Å². The summed E-state index contributed by atoms with van der Waals surface area (Å²) < 4.78 is 46.3. The second kappa shape index (κ2) is 42.5. The highest BCUT2D eigenvalue weighted by Gasteiger charge is 2.49. The smallest absolute Gasteiger partial charge is 0.410 e. The van der Waals surface area contributed by atoms with Crippen LogP contribution in [0.4, 0.5) is 24.1 Å². The number of unbranched alkanes of at least 4 members (excludes halogenated alkanes) is 2. The number of hydrogen-bond acceptors (Lipinski definition) is 19. The third-order valence-electron chi connectivity index (χ3n) is 21.0. The molecule has 3 heterocycles. The highest BCUT2D eigenvalue weighted by atomic mass is 32.2. The summed E-state index contributed by atoms with van der Waals surface area (Å²) in [4.78, 5) is 197. The van der Waals surface area contributed by atoms with E-state index < -0.39 is 160 Å². The number of primary amides is 1. The first-order chi connectivity index (χ1) is 52.1. The number of amides is 14. The van der Waals surface area contributed by atoms with Crippen molar-refractivity contribution in [2.24, 2.45) is 40.7 Å². The first-order valence-electron chi connectivity index (χ1n) is 38.1. The number of nitrogens with two attached hydrogens (primary N) is 1. The number of carbonyl (C=O) groups excluding carboxylic acids is 14. The fourth-order valence-corrected chi connectivity index (χ4v) is 15.7. The molecule has 14 amide bonds. The fourth-order valence-electron chi connectivity index (χ4n) is 14.2. The zero-order valence-electron chi connectivity index (χ0n) is 65.7. The van der Waals surface area contributed by atoms with Gasteiger partial charge < -0.3 is 66.5 Å². The Hall–Kier alpha value is -8.85. The zero-order chi connectivity index (χ0) is 81.4. The molecule has 0 radical (unpaired) electrons. The number of urea groups is 1. The second-order valence-corrected chi connectivity index (χ2v) is 31.5. The molecule has 4 aliphatic rings. The lowest BCUT2D eigenvalue weighted by molar-refractivity contribution is -0.198. The topological polar surface area (TPSA) is 390 Å². The average Bonchev–Trinajstić information content (AvgIpc) is 1.60. The van der Waals surface area contributed by atoms with E-state index in [1.165, 1.54) is 48.9 Å². The molecule has 11 atom stereocenters. The van der Waals surface area contributed by atoms with Crippen LogP contribution in [0.5, 0.6) is 0 Å². The molecule has 3 aliphatic heterocycles. The van der Waals surface area contributed by atoms with Crippen LogP contribution in [0.1, 0.15) is 176 Å². The minimum atomic E-state index is -1.16. The van der Waals surface area contributed by atoms with E-state index in [1.807, 2.05) is 13.8 Å². The Morgan fingerprint density at radius 2 is 1.38 bits per heavy atom. The number of imide groups is 2. The number of likely N-dealkylation sites (tertiary alicyclic amines) is 2. The third kappa shape index (κ3) is 25.3. The van der Waals surface area contributed by atoms with Gasteiger partial charge in [-0.1, -0.05) is 93.4 Å². The number of hydrogen-bond donors (Lipinski definition) is 7. The van der Waals surface area contributed by atoms with Gasteiger partial charge in [-0.15, -0.1) is 16.8 Å². The van der Waals surface area contributed by atoms with Crippen molar-refractivity contribution in [3.63, 3.8) is 0 Å². The number of hydroxylamine groups is 2. The van der Waals surface area contributed by atoms with E-state index in [2.05, 4.69) is 31.9 Å². The van der Waals surface area contributed by atoms with E-state index in [-0.39, 0.29) is 113 Å². The molecule has 2 aromatic rings. The van der Waals surface area contributed by atoms with Gasteiger partial charge in [-0.05, 0) is 117 Å². The highest BCUT2D eigenvalue weighted by Crippen LogP contribution is 2.52. The number of thioether (sulfide) groups is 1. The number of ether oxygens (including phenoxy) is 3. The molecule has 33 heteroatoms. The van der Waals surface area contributed by atoms with Crippen LogP contribution in [0.3, 0.4) is 0 Å². The third-order valence-corrected chi connectivity index (χ3v) is 22.6. The van der Waals surface area contributed by atoms with Gasteiger partial charge in [0.15, 0.2) is 0 Å². The number of nitrogens with one attached hydrogen (secondary N) is 6. The summed E-state index contributed by atoms with van der Waals surface area (Å²) in [6.45, 7) is 16.4. The normalized spacial score (nSPS) is 18.5. The molecule has 110 heavy (non-hydrogen) atoms. The summed E-state index contributed by atoms with van der Waals surface area (Å²) in [6, 6.07) is 3.47. The summed E-state index contributed by atoms with van der Waals surface area (Å²) >= 11 is 1.30. The minimum Gasteiger partial charge on any atom is -0.445 e. The highest BCUT2D eigenvalue weighted by molar-refractivity contribution is 8.00. The molecule has 6 rings (SSSR count). The molecule has 8 N–H and O–H groups in total. The Morgan fingerprint density at radius 3 is 1.97 bits per heavy atom. The number of carbonyl (C=O) groups is 14. The van der Waals surface area contributed by atoms with Crippen molar-refractivity contribution < 1.29 is 95.0 Å². The number of rotatable bonds is 44. The van der Waals surface area contributed by atoms with Gasteiger partial charge in [0.25, 0.3) is 11.8 Å². The Labute approximate surface area is 647 Å². The number of halogens is 2. The molecule has 0 bridgehead atoms. The lowest BCUT2D eigenvalue weighted by Gasteiger charge is -2.41. The predicted octanol–water partition coefficient (Wildman–Crippen LogP) is 6.19. The summed E-state index contributed by atoms with van der Waals surface area (Å²) in [5.41, 5.74) is 5.48. The zero-order valence-corrected chi connectivity index (χ0v) is 66.5. The number of nitrogens with zero attached hydrogens (tertiary/aromatic N) is 5. The van der Waals surface area contributed by atoms with Gasteiger partial charge in [-0.25, -0.2) is 23.2 Å². The van der Waals surface area contributed by atoms with E-state index in [1.54, 1.807) is 84.7 Å². The van der Waals surface area contributed by atoms with Crippen molar-refractivity contribution in [3.8, 4) is 0 Å². The molecular weight excluding hydrogens is 1450 g/mol. The van der Waals surface area contributed by atoms with Crippen LogP contribution in [0, 0.1) is 46.6 Å². The van der Waals surface area contributed by atoms with Crippen LogP contribution in [0.25, 0.3) is 0 Å². The van der Waals surface area contributed by atoms with Crippen molar-refractivity contribution in [1.29, 1.82) is 0 Å². The lowest BCUT2D eigenvalue weighted by atomic mass is 9.89. The Bertz CT molecular complexity index is 3550. The largest absolute Gasteiger partial charge is 0.445 e. The van der Waals surface area contributed by atoms with E-state index in [0.717, 1.165) is 17.0 Å². The van der Waals surface area contributed by atoms with Crippen molar-refractivity contribution >= 4 is 101 Å². The molecule has 1 saturated carbocycles. The van der Waals surface area contributed by atoms with Crippen molar-refractivity contribution in [2.45, 2.75) is 232 Å². The minimum absolute atomic E-state index is 0.00255. The van der Waals surface area contributed by atoms with Gasteiger partial charge in [-0.2, -0.15) is 0 Å². The number of benzene rings is 2. The van der Waals surface area contributed by atoms with Gasteiger partial charge in [0.2, 0.25) is 53.2 Å². The van der Waals surface area contributed by atoms with Crippen molar-refractivity contribution in [2.75, 3.05) is 65.6 Å². The molecule has 0 spiro atoms. The maximum absolute atomic E-state index is 14.8. The Morgan fingerprint density at radius 1 is 0.727 bits per heavy atom. The molecular formula is C77H114F2N12O18S. The summed E-state index contributed by atoms with van der Waals surface area (Å²) in [7, 11) is 5.94. The number of anilines is 1. The molecule has 30 nitrogen and oxygen atoms in total. The fraction of sp³-hybridized carbons (Fsp3) is 0.662. The molecule has 2 unspecified atom stereocenters. The van der Waals surface area contributed by atoms with Crippen LogP contribution < -0.4 is 37.6 Å². The average molecular weight is 1570 g/mol. The van der Waals surface area contributed by atoms with Gasteiger partial charge in [0.1, 0.15) is 42.4 Å². The van der Waals surface area contributed by atoms with E-state index >= 15 is 0 Å². The first kappa shape index (κ1) is 90.0. The second-order valence-electron chi connectivity index (χ2n) is 30.3. The summed E-state index contributed by atoms with van der Waals surface area (Å²) in [5.74, 6) is -9.33. The summed E-state index contributed by atoms with van der Waals surface area (Å²) in [6.07, 6.45) is 1.99. The molecule has 610 valence electrons. The summed E-state index contributed by atoms with van der Waals surface area (Å²) in [5, 5.41) is 16.3. The number of likely N-dealkylation sites (N-methyl/N-ethyl adjacent to an activating group) is 2. The first-order valence-corrected chi connectivity index (χ1v) is 39.2. The van der Waals surface area contributed by atoms with Crippen LogP contribution in [-0.2, 0) is 89.6 Å². The SMILES string of the molecule is CC[C@H](C)C([C@@H](CC(=O)N1CCC[C@H]1[C@H](OC)[C@@H](C)C(=O)NCCc1c(F)cccc1F)OC)N(C)C(=O)[C@@H](NC(=O)[C@H](C(C)C)N(C)C(=O)OCc1ccc(NC(=O)[C@H](CCCNC(N)=O)NC(=O)[C@@H](NC(=O)CCCCCN2C(=O)CC(SCC3(CC(=O)ON4C(=O)CCC4=O)CC3)C2=O)C(C)C)cc1)C(C)C. The molecule has 3 saturated heterocycles. The quantitative estimate of drug-likeness (QED) is 0.0287. The van der Waals surface area contributed by atoms with E-state index in [0.29, 0.717) is 80.0 Å². The monoisotopic (exact) mass is 1560 g/mol. The van der Waals surface area contributed by atoms with E-state index in [4.69, 9.17) is 24.8 Å². The predicted molar refractivity (Wildman–Crippen MR) is 403 cm³/mol. The van der Waals surface area contributed by atoms with Crippen LogP contribution >= 0.6 is 11.8 Å². The van der Waals surface area contributed by atoms with Gasteiger partial charge in [-0.3, -0.25) is 62.5 Å². The molecule has 2 aromatic carbocycles. The van der Waals surface area contributed by atoms with Crippen LogP contribution in [-0.4, -0.2) is 222 Å². The van der Waals surface area contributed by atoms with Crippen LogP contribution in [0.2, 0.25) is 0 Å². The Kier molecular flexibility index (Phi) is 34.8.